The summed E-state index contributed by atoms with van der Waals surface area (Å²) in [5.41, 5.74) is 0. The van der Waals surface area contributed by atoms with Gasteiger partial charge in [0.25, 0.3) is 0 Å². The first-order valence-electron chi connectivity index (χ1n) is 3.64. The molecule has 0 fully saturated rings. The van der Waals surface area contributed by atoms with E-state index in [0.29, 0.717) is 5.92 Å². The van der Waals surface area contributed by atoms with Crippen molar-refractivity contribution in [3.8, 4) is 0 Å². The number of aliphatic hydroxyl groups is 1. The molecule has 0 aromatic rings. The van der Waals surface area contributed by atoms with Crippen molar-refractivity contribution in [2.45, 2.75) is 32.3 Å². The first-order valence-corrected chi connectivity index (χ1v) is 3.64. The molecular formula is C8H14O. The normalized spacial score (nSPS) is 28.9. The molecular weight excluding hydrogens is 112 g/mol. The average Bonchev–Trinajstić information content (AvgIpc) is 2.15. The second-order valence-electron chi connectivity index (χ2n) is 2.85. The molecule has 1 nitrogen and oxygen atoms in total. The fourth-order valence-corrected chi connectivity index (χ4v) is 1.33. The lowest BCUT2D eigenvalue weighted by Crippen LogP contribution is -2.05. The SMILES string of the molecule is CC(O)CC1C=CCC1. The predicted octanol–water partition coefficient (Wildman–Crippen LogP) is 1.72. The number of allylic oxidation sites excluding steroid dienone is 2. The van der Waals surface area contributed by atoms with E-state index < -0.39 is 0 Å². The van der Waals surface area contributed by atoms with Gasteiger partial charge in [0, 0.05) is 0 Å². The Kier molecular flexibility index (Phi) is 2.29. The molecule has 0 bridgehead atoms. The van der Waals surface area contributed by atoms with Gasteiger partial charge in [-0.3, -0.25) is 0 Å². The van der Waals surface area contributed by atoms with E-state index in [9.17, 15) is 0 Å². The Hall–Kier alpha value is -0.300. The molecule has 1 rings (SSSR count). The summed E-state index contributed by atoms with van der Waals surface area (Å²) in [6.07, 6.45) is 7.68. The van der Waals surface area contributed by atoms with E-state index in [0.717, 1.165) is 6.42 Å². The summed E-state index contributed by atoms with van der Waals surface area (Å²) in [7, 11) is 0. The van der Waals surface area contributed by atoms with Gasteiger partial charge >= 0.3 is 0 Å². The van der Waals surface area contributed by atoms with E-state index in [-0.39, 0.29) is 6.10 Å². The Morgan fingerprint density at radius 3 is 3.00 bits per heavy atom. The topological polar surface area (TPSA) is 20.2 Å². The molecule has 2 unspecified atom stereocenters. The van der Waals surface area contributed by atoms with Gasteiger partial charge in [0.15, 0.2) is 0 Å². The molecule has 0 aliphatic heterocycles. The predicted molar refractivity (Wildman–Crippen MR) is 38.2 cm³/mol. The summed E-state index contributed by atoms with van der Waals surface area (Å²) >= 11 is 0. The molecule has 9 heavy (non-hydrogen) atoms. The molecule has 52 valence electrons. The minimum absolute atomic E-state index is 0.127. The lowest BCUT2D eigenvalue weighted by molar-refractivity contribution is 0.169. The van der Waals surface area contributed by atoms with Crippen LogP contribution in [0, 0.1) is 5.92 Å². The van der Waals surface area contributed by atoms with Crippen LogP contribution in [0.5, 0.6) is 0 Å². The molecule has 0 heterocycles. The van der Waals surface area contributed by atoms with Gasteiger partial charge in [-0.2, -0.15) is 0 Å². The number of aliphatic hydroxyl groups excluding tert-OH is 1. The van der Waals surface area contributed by atoms with Gasteiger partial charge in [-0.1, -0.05) is 12.2 Å². The Morgan fingerprint density at radius 1 is 1.78 bits per heavy atom. The summed E-state index contributed by atoms with van der Waals surface area (Å²) in [6, 6.07) is 0. The maximum atomic E-state index is 8.98. The van der Waals surface area contributed by atoms with Gasteiger partial charge in [-0.15, -0.1) is 0 Å². The molecule has 1 heteroatoms. The standard InChI is InChI=1S/C8H14O/c1-7(9)6-8-4-2-3-5-8/h2,4,7-9H,3,5-6H2,1H3. The Balaban J connectivity index is 2.20. The number of rotatable bonds is 2. The van der Waals surface area contributed by atoms with Gasteiger partial charge in [-0.05, 0) is 32.1 Å². The lowest BCUT2D eigenvalue weighted by Gasteiger charge is -2.08. The van der Waals surface area contributed by atoms with Gasteiger partial charge in [0.2, 0.25) is 0 Å². The van der Waals surface area contributed by atoms with Crippen molar-refractivity contribution < 1.29 is 5.11 Å². The quantitative estimate of drug-likeness (QED) is 0.558. The molecule has 0 aromatic heterocycles. The van der Waals surface area contributed by atoms with Crippen LogP contribution in [0.1, 0.15) is 26.2 Å². The van der Waals surface area contributed by atoms with Crippen LogP contribution in [-0.4, -0.2) is 11.2 Å². The highest BCUT2D eigenvalue weighted by molar-refractivity contribution is 4.96. The zero-order valence-corrected chi connectivity index (χ0v) is 5.88. The first-order chi connectivity index (χ1) is 4.29. The Morgan fingerprint density at radius 2 is 2.56 bits per heavy atom. The second kappa shape index (κ2) is 3.02. The fraction of sp³-hybridized carbons (Fsp3) is 0.750. The molecule has 1 N–H and O–H groups in total. The van der Waals surface area contributed by atoms with E-state index in [1.54, 1.807) is 0 Å². The van der Waals surface area contributed by atoms with Crippen molar-refractivity contribution in [2.24, 2.45) is 5.92 Å². The molecule has 1 aliphatic carbocycles. The smallest absolute Gasteiger partial charge is 0.0517 e. The van der Waals surface area contributed by atoms with E-state index in [2.05, 4.69) is 12.2 Å². The van der Waals surface area contributed by atoms with Crippen LogP contribution in [0.4, 0.5) is 0 Å². The van der Waals surface area contributed by atoms with Crippen molar-refractivity contribution in [1.29, 1.82) is 0 Å². The van der Waals surface area contributed by atoms with E-state index in [1.807, 2.05) is 6.92 Å². The van der Waals surface area contributed by atoms with Gasteiger partial charge < -0.3 is 5.11 Å². The van der Waals surface area contributed by atoms with Crippen LogP contribution in [0.25, 0.3) is 0 Å². The van der Waals surface area contributed by atoms with Crippen LogP contribution in [-0.2, 0) is 0 Å². The molecule has 0 spiro atoms. The second-order valence-corrected chi connectivity index (χ2v) is 2.85. The monoisotopic (exact) mass is 126 g/mol. The van der Waals surface area contributed by atoms with Crippen LogP contribution in [0.2, 0.25) is 0 Å². The maximum absolute atomic E-state index is 8.98. The van der Waals surface area contributed by atoms with Crippen LogP contribution in [0.15, 0.2) is 12.2 Å². The highest BCUT2D eigenvalue weighted by atomic mass is 16.3. The molecule has 0 saturated heterocycles. The zero-order valence-electron chi connectivity index (χ0n) is 5.88. The van der Waals surface area contributed by atoms with Gasteiger partial charge in [0.05, 0.1) is 6.10 Å². The first kappa shape index (κ1) is 6.81. The van der Waals surface area contributed by atoms with Crippen LogP contribution in [0.3, 0.4) is 0 Å². The van der Waals surface area contributed by atoms with Crippen molar-refractivity contribution in [2.75, 3.05) is 0 Å². The van der Waals surface area contributed by atoms with Crippen LogP contribution >= 0.6 is 0 Å². The van der Waals surface area contributed by atoms with E-state index >= 15 is 0 Å². The third-order valence-electron chi connectivity index (χ3n) is 1.76. The maximum Gasteiger partial charge on any atom is 0.0517 e. The highest BCUT2D eigenvalue weighted by Crippen LogP contribution is 2.21. The number of hydrogen-bond acceptors (Lipinski definition) is 1. The lowest BCUT2D eigenvalue weighted by atomic mass is 10.0. The molecule has 0 saturated carbocycles. The van der Waals surface area contributed by atoms with Crippen molar-refractivity contribution in [3.63, 3.8) is 0 Å². The summed E-state index contributed by atoms with van der Waals surface area (Å²) in [4.78, 5) is 0. The zero-order chi connectivity index (χ0) is 6.69. The van der Waals surface area contributed by atoms with Gasteiger partial charge in [-0.25, -0.2) is 0 Å². The fourth-order valence-electron chi connectivity index (χ4n) is 1.33. The Bertz CT molecular complexity index is 105. The van der Waals surface area contributed by atoms with E-state index in [1.165, 1.54) is 12.8 Å². The molecule has 0 amide bonds. The van der Waals surface area contributed by atoms with Gasteiger partial charge in [0.1, 0.15) is 0 Å². The highest BCUT2D eigenvalue weighted by Gasteiger charge is 2.10. The molecule has 2 atom stereocenters. The minimum Gasteiger partial charge on any atom is -0.393 e. The third-order valence-corrected chi connectivity index (χ3v) is 1.76. The van der Waals surface area contributed by atoms with Crippen molar-refractivity contribution in [1.82, 2.24) is 0 Å². The van der Waals surface area contributed by atoms with Crippen molar-refractivity contribution >= 4 is 0 Å². The molecule has 0 aromatic carbocycles. The average molecular weight is 126 g/mol. The molecule has 1 aliphatic rings. The van der Waals surface area contributed by atoms with Crippen LogP contribution < -0.4 is 0 Å². The third kappa shape index (κ3) is 2.19. The summed E-state index contributed by atoms with van der Waals surface area (Å²) < 4.78 is 0. The summed E-state index contributed by atoms with van der Waals surface area (Å²) in [5, 5.41) is 8.98. The molecule has 0 radical (unpaired) electrons. The van der Waals surface area contributed by atoms with Crippen molar-refractivity contribution in [3.05, 3.63) is 12.2 Å². The largest absolute Gasteiger partial charge is 0.393 e. The minimum atomic E-state index is -0.127. The number of hydrogen-bond donors (Lipinski definition) is 1. The van der Waals surface area contributed by atoms with E-state index in [4.69, 9.17) is 5.11 Å². The summed E-state index contributed by atoms with van der Waals surface area (Å²) in [5.74, 6) is 0.657. The summed E-state index contributed by atoms with van der Waals surface area (Å²) in [6.45, 7) is 1.85. The Labute approximate surface area is 56.4 Å².